The molecule has 30 heavy (non-hydrogen) atoms. The van der Waals surface area contributed by atoms with Crippen LogP contribution in [0, 0.1) is 5.82 Å². The van der Waals surface area contributed by atoms with Gasteiger partial charge >= 0.3 is 5.97 Å². The highest BCUT2D eigenvalue weighted by Crippen LogP contribution is 2.23. The van der Waals surface area contributed by atoms with Crippen LogP contribution in [0.2, 0.25) is 0 Å². The van der Waals surface area contributed by atoms with Crippen LogP contribution in [-0.4, -0.2) is 16.2 Å². The van der Waals surface area contributed by atoms with E-state index in [2.05, 4.69) is 10.2 Å². The predicted octanol–water partition coefficient (Wildman–Crippen LogP) is 5.39. The van der Waals surface area contributed by atoms with E-state index >= 15 is 0 Å². The van der Waals surface area contributed by atoms with Crippen molar-refractivity contribution < 1.29 is 18.3 Å². The van der Waals surface area contributed by atoms with Crippen LogP contribution in [0.5, 0.6) is 0 Å². The van der Waals surface area contributed by atoms with Gasteiger partial charge in [0.25, 0.3) is 5.89 Å². The minimum absolute atomic E-state index is 0.137. The van der Waals surface area contributed by atoms with Gasteiger partial charge in [-0.05, 0) is 47.9 Å². The van der Waals surface area contributed by atoms with Crippen molar-refractivity contribution in [1.29, 1.82) is 0 Å². The Hall–Kier alpha value is -3.80. The van der Waals surface area contributed by atoms with Crippen molar-refractivity contribution in [2.75, 3.05) is 0 Å². The first kappa shape index (κ1) is 19.5. The second kappa shape index (κ2) is 8.69. The van der Waals surface area contributed by atoms with Crippen LogP contribution in [0.25, 0.3) is 22.6 Å². The lowest BCUT2D eigenvalue weighted by Gasteiger charge is -2.10. The molecule has 0 bridgehead atoms. The molecular formula is C24H19FN2O3. The summed E-state index contributed by atoms with van der Waals surface area (Å²) >= 11 is 0. The maximum Gasteiger partial charge on any atom is 0.311 e. The Morgan fingerprint density at radius 2 is 1.53 bits per heavy atom. The third-order valence-corrected chi connectivity index (χ3v) is 4.60. The van der Waals surface area contributed by atoms with Crippen molar-refractivity contribution in [3.8, 4) is 22.6 Å². The summed E-state index contributed by atoms with van der Waals surface area (Å²) in [5.74, 6) is -0.319. The Balaban J connectivity index is 1.36. The number of hydrogen-bond acceptors (Lipinski definition) is 5. The van der Waals surface area contributed by atoms with Crippen LogP contribution in [0.4, 0.5) is 4.39 Å². The van der Waals surface area contributed by atoms with Gasteiger partial charge in [0.1, 0.15) is 5.82 Å². The molecule has 0 aliphatic carbocycles. The molecule has 0 spiro atoms. The second-order valence-corrected chi connectivity index (χ2v) is 6.82. The number of carbonyl (C=O) groups excluding carboxylic acids is 1. The molecule has 1 aromatic heterocycles. The third kappa shape index (κ3) is 4.60. The SMILES string of the molecule is C[C@H](OC(=O)Cc1ccc(-c2ccccc2)cc1)c1nnc(-c2ccc(F)cc2)o1. The average Bonchev–Trinajstić information content (AvgIpc) is 3.26. The lowest BCUT2D eigenvalue weighted by molar-refractivity contribution is -0.148. The zero-order valence-corrected chi connectivity index (χ0v) is 16.3. The summed E-state index contributed by atoms with van der Waals surface area (Å²) in [6.07, 6.45) is -0.555. The minimum Gasteiger partial charge on any atom is -0.452 e. The van der Waals surface area contributed by atoms with E-state index < -0.39 is 12.1 Å². The lowest BCUT2D eigenvalue weighted by atomic mass is 10.0. The maximum atomic E-state index is 13.0. The molecule has 3 aromatic carbocycles. The fourth-order valence-corrected chi connectivity index (χ4v) is 3.01. The van der Waals surface area contributed by atoms with Gasteiger partial charge in [-0.25, -0.2) is 4.39 Å². The third-order valence-electron chi connectivity index (χ3n) is 4.60. The molecule has 1 heterocycles. The standard InChI is InChI=1S/C24H19FN2O3/c1-16(23-26-27-24(30-23)20-11-13-21(25)14-12-20)29-22(28)15-17-7-9-19(10-8-17)18-5-3-2-4-6-18/h2-14,16H,15H2,1H3/t16-/m0/s1. The smallest absolute Gasteiger partial charge is 0.311 e. The van der Waals surface area contributed by atoms with Crippen LogP contribution in [0.15, 0.2) is 83.3 Å². The van der Waals surface area contributed by atoms with E-state index in [9.17, 15) is 9.18 Å². The number of hydrogen-bond donors (Lipinski definition) is 0. The molecule has 150 valence electrons. The van der Waals surface area contributed by atoms with Crippen LogP contribution in [0.1, 0.15) is 24.5 Å². The first-order valence-corrected chi connectivity index (χ1v) is 9.51. The first-order chi connectivity index (χ1) is 14.6. The molecular weight excluding hydrogens is 383 g/mol. The van der Waals surface area contributed by atoms with E-state index in [0.29, 0.717) is 5.56 Å². The quantitative estimate of drug-likeness (QED) is 0.405. The van der Waals surface area contributed by atoms with Gasteiger partial charge in [0.05, 0.1) is 6.42 Å². The number of esters is 1. The van der Waals surface area contributed by atoms with E-state index in [1.54, 1.807) is 19.1 Å². The molecule has 4 rings (SSSR count). The van der Waals surface area contributed by atoms with Crippen LogP contribution in [0.3, 0.4) is 0 Å². The van der Waals surface area contributed by atoms with Gasteiger partial charge in [-0.3, -0.25) is 4.79 Å². The molecule has 0 saturated heterocycles. The highest BCUT2D eigenvalue weighted by atomic mass is 19.1. The summed E-state index contributed by atoms with van der Waals surface area (Å²) in [5, 5.41) is 7.87. The molecule has 0 aliphatic heterocycles. The molecule has 0 amide bonds. The molecule has 0 N–H and O–H groups in total. The Kier molecular flexibility index (Phi) is 5.66. The summed E-state index contributed by atoms with van der Waals surface area (Å²) in [7, 11) is 0. The van der Waals surface area contributed by atoms with Gasteiger partial charge < -0.3 is 9.15 Å². The van der Waals surface area contributed by atoms with Gasteiger partial charge in [0.15, 0.2) is 6.10 Å². The zero-order chi connectivity index (χ0) is 20.9. The van der Waals surface area contributed by atoms with Crippen LogP contribution in [-0.2, 0) is 16.0 Å². The number of benzene rings is 3. The van der Waals surface area contributed by atoms with E-state index in [1.165, 1.54) is 12.1 Å². The molecule has 0 aliphatic rings. The average molecular weight is 402 g/mol. The summed E-state index contributed by atoms with van der Waals surface area (Å²) in [6, 6.07) is 23.5. The zero-order valence-electron chi connectivity index (χ0n) is 16.3. The van der Waals surface area contributed by atoms with Gasteiger partial charge in [0.2, 0.25) is 5.89 Å². The number of nitrogens with zero attached hydrogens (tertiary/aromatic N) is 2. The van der Waals surface area contributed by atoms with E-state index in [0.717, 1.165) is 16.7 Å². The van der Waals surface area contributed by atoms with Gasteiger partial charge in [-0.1, -0.05) is 54.6 Å². The number of carbonyl (C=O) groups is 1. The van der Waals surface area contributed by atoms with Gasteiger partial charge in [0, 0.05) is 5.56 Å². The molecule has 1 atom stereocenters. The Bertz CT molecular complexity index is 1120. The largest absolute Gasteiger partial charge is 0.452 e. The molecule has 0 unspecified atom stereocenters. The molecule has 6 heteroatoms. The van der Waals surface area contributed by atoms with E-state index in [-0.39, 0.29) is 24.0 Å². The minimum atomic E-state index is -0.692. The second-order valence-electron chi connectivity index (χ2n) is 6.82. The van der Waals surface area contributed by atoms with E-state index in [4.69, 9.17) is 9.15 Å². The molecule has 0 fully saturated rings. The lowest BCUT2D eigenvalue weighted by Crippen LogP contribution is -2.11. The number of halogens is 1. The Morgan fingerprint density at radius 3 is 2.23 bits per heavy atom. The van der Waals surface area contributed by atoms with Crippen molar-refractivity contribution in [3.05, 3.63) is 96.1 Å². The fraction of sp³-hybridized carbons (Fsp3) is 0.125. The number of rotatable bonds is 6. The van der Waals surface area contributed by atoms with E-state index in [1.807, 2.05) is 54.6 Å². The maximum absolute atomic E-state index is 13.0. The summed E-state index contributed by atoms with van der Waals surface area (Å²) in [6.45, 7) is 1.67. The first-order valence-electron chi connectivity index (χ1n) is 9.51. The molecule has 0 radical (unpaired) electrons. The highest BCUT2D eigenvalue weighted by molar-refractivity contribution is 5.73. The summed E-state index contributed by atoms with van der Waals surface area (Å²) in [4.78, 5) is 12.3. The van der Waals surface area contributed by atoms with Crippen molar-refractivity contribution in [2.24, 2.45) is 0 Å². The van der Waals surface area contributed by atoms with Crippen molar-refractivity contribution in [1.82, 2.24) is 10.2 Å². The highest BCUT2D eigenvalue weighted by Gasteiger charge is 2.19. The molecule has 5 nitrogen and oxygen atoms in total. The monoisotopic (exact) mass is 402 g/mol. The Morgan fingerprint density at radius 1 is 0.900 bits per heavy atom. The Labute approximate surface area is 173 Å². The summed E-state index contributed by atoms with van der Waals surface area (Å²) < 4.78 is 24.0. The fourth-order valence-electron chi connectivity index (χ4n) is 3.01. The topological polar surface area (TPSA) is 65.2 Å². The normalized spacial score (nSPS) is 11.8. The van der Waals surface area contributed by atoms with Gasteiger partial charge in [-0.15, -0.1) is 10.2 Å². The van der Waals surface area contributed by atoms with Crippen LogP contribution >= 0.6 is 0 Å². The summed E-state index contributed by atoms with van der Waals surface area (Å²) in [5.41, 5.74) is 3.64. The van der Waals surface area contributed by atoms with Crippen molar-refractivity contribution in [2.45, 2.75) is 19.4 Å². The molecule has 0 saturated carbocycles. The van der Waals surface area contributed by atoms with Crippen molar-refractivity contribution >= 4 is 5.97 Å². The van der Waals surface area contributed by atoms with Crippen LogP contribution < -0.4 is 0 Å². The molecule has 4 aromatic rings. The number of aromatic nitrogens is 2. The number of ether oxygens (including phenoxy) is 1. The predicted molar refractivity (Wildman–Crippen MR) is 110 cm³/mol. The van der Waals surface area contributed by atoms with Gasteiger partial charge in [-0.2, -0.15) is 0 Å². The van der Waals surface area contributed by atoms with Crippen molar-refractivity contribution in [3.63, 3.8) is 0 Å².